The zero-order valence-corrected chi connectivity index (χ0v) is 11.9. The molecule has 0 unspecified atom stereocenters. The standard InChI is InChI=1S/C14H21N5O2/c20-13-11-3-1-4-12(19-11)14(21)18-10-8-16-6-2-5-15-7-9-17-13/h1,3-4,15-16H,2,5-10H2,(H,17,20)(H,18,21). The molecule has 0 spiro atoms. The van der Waals surface area contributed by atoms with Crippen LogP contribution < -0.4 is 21.3 Å². The van der Waals surface area contributed by atoms with Crippen LogP contribution in [0.1, 0.15) is 27.4 Å². The van der Waals surface area contributed by atoms with Crippen molar-refractivity contribution in [3.63, 3.8) is 0 Å². The van der Waals surface area contributed by atoms with Crippen molar-refractivity contribution in [2.75, 3.05) is 39.3 Å². The number of amides is 2. The molecule has 114 valence electrons. The van der Waals surface area contributed by atoms with E-state index in [-0.39, 0.29) is 23.2 Å². The van der Waals surface area contributed by atoms with Crippen molar-refractivity contribution in [2.24, 2.45) is 0 Å². The fourth-order valence-corrected chi connectivity index (χ4v) is 1.99. The first-order valence-electron chi connectivity index (χ1n) is 7.22. The molecule has 2 rings (SSSR count). The molecule has 4 N–H and O–H groups in total. The fraction of sp³-hybridized carbons (Fsp3) is 0.500. The molecule has 0 aromatic carbocycles. The number of nitrogens with one attached hydrogen (secondary N) is 4. The molecule has 2 amide bonds. The van der Waals surface area contributed by atoms with E-state index >= 15 is 0 Å². The molecule has 7 heteroatoms. The van der Waals surface area contributed by atoms with E-state index in [2.05, 4.69) is 26.3 Å². The first kappa shape index (κ1) is 15.4. The monoisotopic (exact) mass is 291 g/mol. The van der Waals surface area contributed by atoms with Crippen LogP contribution in [-0.4, -0.2) is 56.1 Å². The molecular formula is C14H21N5O2. The summed E-state index contributed by atoms with van der Waals surface area (Å²) in [6.07, 6.45) is 1.00. The zero-order valence-electron chi connectivity index (χ0n) is 11.9. The number of rotatable bonds is 0. The van der Waals surface area contributed by atoms with Crippen LogP contribution in [0.3, 0.4) is 0 Å². The van der Waals surface area contributed by atoms with E-state index in [1.165, 1.54) is 0 Å². The quantitative estimate of drug-likeness (QED) is 0.498. The number of hydrogen-bond acceptors (Lipinski definition) is 5. The molecule has 0 atom stereocenters. The van der Waals surface area contributed by atoms with Gasteiger partial charge in [-0.15, -0.1) is 0 Å². The van der Waals surface area contributed by atoms with Gasteiger partial charge in [0.25, 0.3) is 11.8 Å². The lowest BCUT2D eigenvalue weighted by Crippen LogP contribution is -2.36. The molecule has 1 aromatic rings. The summed E-state index contributed by atoms with van der Waals surface area (Å²) >= 11 is 0. The van der Waals surface area contributed by atoms with Gasteiger partial charge in [0.2, 0.25) is 0 Å². The number of carbonyl (C=O) groups excluding carboxylic acids is 2. The molecule has 1 aromatic heterocycles. The average Bonchev–Trinajstić information content (AvgIpc) is 2.51. The molecule has 0 aliphatic carbocycles. The van der Waals surface area contributed by atoms with Gasteiger partial charge in [-0.2, -0.15) is 0 Å². The average molecular weight is 291 g/mol. The zero-order chi connectivity index (χ0) is 14.9. The molecule has 0 fully saturated rings. The van der Waals surface area contributed by atoms with Crippen LogP contribution >= 0.6 is 0 Å². The van der Waals surface area contributed by atoms with Crippen LogP contribution in [0, 0.1) is 0 Å². The van der Waals surface area contributed by atoms with Crippen LogP contribution in [0.2, 0.25) is 0 Å². The minimum atomic E-state index is -0.264. The summed E-state index contributed by atoms with van der Waals surface area (Å²) in [6.45, 7) is 4.28. The van der Waals surface area contributed by atoms with Crippen LogP contribution in [0.15, 0.2) is 18.2 Å². The van der Waals surface area contributed by atoms with E-state index in [0.29, 0.717) is 26.2 Å². The first-order chi connectivity index (χ1) is 10.3. The lowest BCUT2D eigenvalue weighted by Gasteiger charge is -2.10. The van der Waals surface area contributed by atoms with E-state index in [9.17, 15) is 9.59 Å². The Morgan fingerprint density at radius 2 is 1.29 bits per heavy atom. The van der Waals surface area contributed by atoms with E-state index < -0.39 is 0 Å². The summed E-state index contributed by atoms with van der Waals surface area (Å²) in [5.74, 6) is -0.527. The highest BCUT2D eigenvalue weighted by Crippen LogP contribution is 1.99. The largest absolute Gasteiger partial charge is 0.349 e. The topological polar surface area (TPSA) is 95.1 Å². The maximum atomic E-state index is 11.9. The van der Waals surface area contributed by atoms with E-state index in [4.69, 9.17) is 0 Å². The van der Waals surface area contributed by atoms with Crippen molar-refractivity contribution in [3.05, 3.63) is 29.6 Å². The number of carbonyl (C=O) groups is 2. The molecule has 21 heavy (non-hydrogen) atoms. The first-order valence-corrected chi connectivity index (χ1v) is 7.22. The maximum Gasteiger partial charge on any atom is 0.269 e. The normalized spacial score (nSPS) is 18.7. The second-order valence-electron chi connectivity index (χ2n) is 4.77. The van der Waals surface area contributed by atoms with Gasteiger partial charge in [0.15, 0.2) is 0 Å². The SMILES string of the molecule is O=C1NCCNCCCNCCNC(=O)c2cccc1n2. The van der Waals surface area contributed by atoms with Crippen LogP contribution in [0.5, 0.6) is 0 Å². The number of fused-ring (bicyclic) bond motifs is 2. The molecule has 7 nitrogen and oxygen atoms in total. The van der Waals surface area contributed by atoms with Gasteiger partial charge in [-0.1, -0.05) is 6.07 Å². The molecule has 2 bridgehead atoms. The minimum Gasteiger partial charge on any atom is -0.349 e. The molecule has 2 heterocycles. The third kappa shape index (κ3) is 5.13. The maximum absolute atomic E-state index is 11.9. The van der Waals surface area contributed by atoms with Crippen LogP contribution in [-0.2, 0) is 0 Å². The van der Waals surface area contributed by atoms with Gasteiger partial charge < -0.3 is 21.3 Å². The molecule has 0 saturated carbocycles. The third-order valence-corrected chi connectivity index (χ3v) is 3.10. The Morgan fingerprint density at radius 1 is 0.762 bits per heavy atom. The van der Waals surface area contributed by atoms with Crippen molar-refractivity contribution in [1.29, 1.82) is 0 Å². The van der Waals surface area contributed by atoms with E-state index in [1.54, 1.807) is 18.2 Å². The lowest BCUT2D eigenvalue weighted by molar-refractivity contribution is 0.0944. The van der Waals surface area contributed by atoms with E-state index in [0.717, 1.165) is 19.5 Å². The highest BCUT2D eigenvalue weighted by molar-refractivity contribution is 5.96. The number of pyridine rings is 1. The van der Waals surface area contributed by atoms with Crippen LogP contribution in [0.25, 0.3) is 0 Å². The van der Waals surface area contributed by atoms with Crippen molar-refractivity contribution < 1.29 is 9.59 Å². The predicted octanol–water partition coefficient (Wildman–Crippen LogP) is -0.876. The third-order valence-electron chi connectivity index (χ3n) is 3.10. The van der Waals surface area contributed by atoms with E-state index in [1.807, 2.05) is 0 Å². The highest BCUT2D eigenvalue weighted by Gasteiger charge is 2.11. The van der Waals surface area contributed by atoms with Crippen molar-refractivity contribution in [2.45, 2.75) is 6.42 Å². The number of aromatic nitrogens is 1. The van der Waals surface area contributed by atoms with Gasteiger partial charge in [0.1, 0.15) is 11.4 Å². The Hall–Kier alpha value is -1.99. The van der Waals surface area contributed by atoms with Crippen molar-refractivity contribution >= 4 is 11.8 Å². The molecule has 1 aliphatic rings. The Balaban J connectivity index is 2.03. The summed E-state index contributed by atoms with van der Waals surface area (Å²) in [4.78, 5) is 28.0. The lowest BCUT2D eigenvalue weighted by atomic mass is 10.2. The van der Waals surface area contributed by atoms with Crippen LogP contribution in [0.4, 0.5) is 0 Å². The summed E-state index contributed by atoms with van der Waals surface area (Å²) in [7, 11) is 0. The fourth-order valence-electron chi connectivity index (χ4n) is 1.99. The Kier molecular flexibility index (Phi) is 6.11. The Morgan fingerprint density at radius 3 is 1.81 bits per heavy atom. The Bertz CT molecular complexity index is 453. The van der Waals surface area contributed by atoms with Crippen molar-refractivity contribution in [3.8, 4) is 0 Å². The molecule has 1 aliphatic heterocycles. The molecule has 0 radical (unpaired) electrons. The van der Waals surface area contributed by atoms with Crippen molar-refractivity contribution in [1.82, 2.24) is 26.3 Å². The summed E-state index contributed by atoms with van der Waals surface area (Å²) in [6, 6.07) is 4.87. The predicted molar refractivity (Wildman–Crippen MR) is 79.3 cm³/mol. The van der Waals surface area contributed by atoms with Gasteiger partial charge in [0, 0.05) is 26.2 Å². The smallest absolute Gasteiger partial charge is 0.269 e. The summed E-state index contributed by atoms with van der Waals surface area (Å²) in [5.41, 5.74) is 0.515. The van der Waals surface area contributed by atoms with Gasteiger partial charge in [-0.3, -0.25) is 9.59 Å². The van der Waals surface area contributed by atoms with Gasteiger partial charge in [0.05, 0.1) is 0 Å². The number of nitrogens with zero attached hydrogens (tertiary/aromatic N) is 1. The van der Waals surface area contributed by atoms with Gasteiger partial charge in [-0.05, 0) is 31.6 Å². The Labute approximate surface area is 123 Å². The second kappa shape index (κ2) is 8.33. The highest BCUT2D eigenvalue weighted by atomic mass is 16.2. The summed E-state index contributed by atoms with van der Waals surface area (Å²) < 4.78 is 0. The molecule has 0 saturated heterocycles. The van der Waals surface area contributed by atoms with Gasteiger partial charge >= 0.3 is 0 Å². The van der Waals surface area contributed by atoms with Gasteiger partial charge in [-0.25, -0.2) is 4.98 Å². The number of hydrogen-bond donors (Lipinski definition) is 4. The summed E-state index contributed by atoms with van der Waals surface area (Å²) in [5, 5.41) is 12.1. The molecular weight excluding hydrogens is 270 g/mol. The second-order valence-corrected chi connectivity index (χ2v) is 4.77. The minimum absolute atomic E-state index is 0.257.